The van der Waals surface area contributed by atoms with Crippen molar-refractivity contribution in [1.29, 1.82) is 0 Å². The van der Waals surface area contributed by atoms with Crippen molar-refractivity contribution >= 4 is 5.91 Å². The fourth-order valence-corrected chi connectivity index (χ4v) is 2.75. The highest BCUT2D eigenvalue weighted by Crippen LogP contribution is 2.11. The second-order valence-electron chi connectivity index (χ2n) is 5.97. The van der Waals surface area contributed by atoms with E-state index in [4.69, 9.17) is 0 Å². The van der Waals surface area contributed by atoms with Crippen LogP contribution in [0.25, 0.3) is 5.69 Å². The molecule has 1 aromatic carbocycles. The van der Waals surface area contributed by atoms with E-state index in [1.165, 1.54) is 16.8 Å². The highest BCUT2D eigenvalue weighted by atomic mass is 19.1. The monoisotopic (exact) mass is 333 g/mol. The molecule has 8 heteroatoms. The molecule has 1 aliphatic rings. The van der Waals surface area contributed by atoms with E-state index in [-0.39, 0.29) is 23.5 Å². The van der Waals surface area contributed by atoms with Gasteiger partial charge in [-0.3, -0.25) is 9.69 Å². The molecule has 1 aromatic heterocycles. The topological polar surface area (TPSA) is 74.5 Å². The molecule has 0 bridgehead atoms. The van der Waals surface area contributed by atoms with Crippen LogP contribution in [0.4, 0.5) is 4.39 Å². The summed E-state index contributed by atoms with van der Waals surface area (Å²) in [4.78, 5) is 16.4. The van der Waals surface area contributed by atoms with Crippen molar-refractivity contribution in [1.82, 2.24) is 24.8 Å². The predicted molar refractivity (Wildman–Crippen MR) is 85.3 cm³/mol. The van der Waals surface area contributed by atoms with E-state index in [9.17, 15) is 14.3 Å². The molecular formula is C16H20FN5O2. The number of amides is 1. The number of aliphatic hydroxyl groups is 1. The van der Waals surface area contributed by atoms with Gasteiger partial charge in [0.2, 0.25) is 0 Å². The number of hydrogen-bond acceptors (Lipinski definition) is 5. The molecule has 1 atom stereocenters. The minimum Gasteiger partial charge on any atom is -0.392 e. The highest BCUT2D eigenvalue weighted by Gasteiger charge is 2.24. The lowest BCUT2D eigenvalue weighted by molar-refractivity contribution is 0.0549. The normalized spacial score (nSPS) is 17.0. The largest absolute Gasteiger partial charge is 0.392 e. The lowest BCUT2D eigenvalue weighted by Crippen LogP contribution is -2.50. The molecule has 128 valence electrons. The van der Waals surface area contributed by atoms with Crippen molar-refractivity contribution in [2.75, 3.05) is 32.7 Å². The molecule has 1 fully saturated rings. The summed E-state index contributed by atoms with van der Waals surface area (Å²) in [6.45, 7) is 5.00. The maximum Gasteiger partial charge on any atom is 0.276 e. The van der Waals surface area contributed by atoms with Crippen LogP contribution in [0.5, 0.6) is 0 Å². The van der Waals surface area contributed by atoms with Gasteiger partial charge in [0.1, 0.15) is 5.82 Å². The zero-order valence-corrected chi connectivity index (χ0v) is 13.5. The average molecular weight is 333 g/mol. The summed E-state index contributed by atoms with van der Waals surface area (Å²) in [5, 5.41) is 17.3. The Morgan fingerprint density at radius 3 is 2.54 bits per heavy atom. The van der Waals surface area contributed by atoms with Crippen molar-refractivity contribution in [3.05, 3.63) is 42.0 Å². The van der Waals surface area contributed by atoms with Crippen LogP contribution in [-0.2, 0) is 0 Å². The third-order valence-electron chi connectivity index (χ3n) is 3.99. The molecule has 0 radical (unpaired) electrons. The van der Waals surface area contributed by atoms with Gasteiger partial charge in [0.05, 0.1) is 18.0 Å². The van der Waals surface area contributed by atoms with Gasteiger partial charge in [-0.25, -0.2) is 9.07 Å². The second kappa shape index (κ2) is 7.06. The number of piperazine rings is 1. The molecule has 3 rings (SSSR count). The summed E-state index contributed by atoms with van der Waals surface area (Å²) in [5.74, 6) is -0.495. The minimum atomic E-state index is -0.372. The van der Waals surface area contributed by atoms with Crippen molar-refractivity contribution in [2.45, 2.75) is 13.0 Å². The van der Waals surface area contributed by atoms with Crippen molar-refractivity contribution < 1.29 is 14.3 Å². The first-order chi connectivity index (χ1) is 11.5. The van der Waals surface area contributed by atoms with Gasteiger partial charge in [0.25, 0.3) is 5.91 Å². The number of β-amino-alcohol motifs (C(OH)–C–C–N with tert-alkyl or cyclic N) is 1. The molecule has 1 amide bonds. The summed E-state index contributed by atoms with van der Waals surface area (Å²) in [7, 11) is 0. The molecule has 2 heterocycles. The summed E-state index contributed by atoms with van der Waals surface area (Å²) in [6, 6.07) is 5.82. The summed E-state index contributed by atoms with van der Waals surface area (Å²) in [6.07, 6.45) is 1.18. The Bertz CT molecular complexity index is 693. The Labute approximate surface area is 139 Å². The number of benzene rings is 1. The Balaban J connectivity index is 1.63. The zero-order valence-electron chi connectivity index (χ0n) is 13.5. The van der Waals surface area contributed by atoms with Crippen molar-refractivity contribution in [3.63, 3.8) is 0 Å². The molecule has 0 aliphatic carbocycles. The molecule has 0 spiro atoms. The summed E-state index contributed by atoms with van der Waals surface area (Å²) < 4.78 is 14.4. The molecule has 2 aromatic rings. The van der Waals surface area contributed by atoms with Crippen LogP contribution in [0.3, 0.4) is 0 Å². The zero-order chi connectivity index (χ0) is 17.1. The first-order valence-corrected chi connectivity index (χ1v) is 7.91. The van der Waals surface area contributed by atoms with Gasteiger partial charge in [-0.2, -0.15) is 0 Å². The van der Waals surface area contributed by atoms with Gasteiger partial charge in [0.15, 0.2) is 5.69 Å². The van der Waals surface area contributed by atoms with Gasteiger partial charge >= 0.3 is 0 Å². The lowest BCUT2D eigenvalue weighted by atomic mass is 10.2. The van der Waals surface area contributed by atoms with Crippen LogP contribution in [-0.4, -0.2) is 74.6 Å². The Morgan fingerprint density at radius 2 is 1.92 bits per heavy atom. The maximum absolute atomic E-state index is 13.0. The number of carbonyl (C=O) groups excluding carboxylic acids is 1. The average Bonchev–Trinajstić information content (AvgIpc) is 3.05. The number of carbonyl (C=O) groups is 1. The minimum absolute atomic E-state index is 0.167. The summed E-state index contributed by atoms with van der Waals surface area (Å²) in [5.41, 5.74) is 0.910. The van der Waals surface area contributed by atoms with E-state index in [1.54, 1.807) is 30.2 Å². The number of nitrogens with zero attached hydrogens (tertiary/aromatic N) is 5. The predicted octanol–water partition coefficient (Wildman–Crippen LogP) is 0.545. The first kappa shape index (κ1) is 16.5. The molecule has 1 aliphatic heterocycles. The number of hydrogen-bond donors (Lipinski definition) is 1. The molecule has 1 N–H and O–H groups in total. The maximum atomic E-state index is 13.0. The van der Waals surface area contributed by atoms with Gasteiger partial charge in [-0.05, 0) is 31.2 Å². The van der Waals surface area contributed by atoms with Crippen LogP contribution >= 0.6 is 0 Å². The third-order valence-corrected chi connectivity index (χ3v) is 3.99. The first-order valence-electron chi connectivity index (χ1n) is 7.91. The van der Waals surface area contributed by atoms with E-state index in [0.29, 0.717) is 25.3 Å². The molecule has 0 saturated carbocycles. The summed E-state index contributed by atoms with van der Waals surface area (Å²) >= 11 is 0. The van der Waals surface area contributed by atoms with Crippen LogP contribution in [0.1, 0.15) is 17.4 Å². The number of aliphatic hydroxyl groups excluding tert-OH is 1. The molecule has 7 nitrogen and oxygen atoms in total. The van der Waals surface area contributed by atoms with E-state index >= 15 is 0 Å². The van der Waals surface area contributed by atoms with Crippen LogP contribution in [0.15, 0.2) is 30.5 Å². The lowest BCUT2D eigenvalue weighted by Gasteiger charge is -2.34. The van der Waals surface area contributed by atoms with E-state index < -0.39 is 0 Å². The highest BCUT2D eigenvalue weighted by molar-refractivity contribution is 5.92. The van der Waals surface area contributed by atoms with Crippen LogP contribution in [0.2, 0.25) is 0 Å². The smallest absolute Gasteiger partial charge is 0.276 e. The Hall–Kier alpha value is -2.32. The second-order valence-corrected chi connectivity index (χ2v) is 5.97. The standard InChI is InChI=1S/C16H20FN5O2/c1-12(23)10-20-6-8-21(9-7-20)16(24)15-11-22(19-18-15)14-4-2-13(17)3-5-14/h2-5,11-12,23H,6-10H2,1H3. The van der Waals surface area contributed by atoms with Crippen molar-refractivity contribution in [2.24, 2.45) is 0 Å². The molecule has 24 heavy (non-hydrogen) atoms. The van der Waals surface area contributed by atoms with Gasteiger partial charge < -0.3 is 10.0 Å². The number of aromatic nitrogens is 3. The SMILES string of the molecule is CC(O)CN1CCN(C(=O)c2cn(-c3ccc(F)cc3)nn2)CC1. The van der Waals surface area contributed by atoms with E-state index in [2.05, 4.69) is 15.2 Å². The molecular weight excluding hydrogens is 313 g/mol. The Morgan fingerprint density at radius 1 is 1.25 bits per heavy atom. The third kappa shape index (κ3) is 3.77. The number of rotatable bonds is 4. The molecule has 1 unspecified atom stereocenters. The van der Waals surface area contributed by atoms with Gasteiger partial charge in [0, 0.05) is 32.7 Å². The quantitative estimate of drug-likeness (QED) is 0.884. The fraction of sp³-hybridized carbons (Fsp3) is 0.438. The van der Waals surface area contributed by atoms with E-state index in [1.807, 2.05) is 0 Å². The van der Waals surface area contributed by atoms with Crippen molar-refractivity contribution in [3.8, 4) is 5.69 Å². The Kier molecular flexibility index (Phi) is 4.86. The van der Waals surface area contributed by atoms with Gasteiger partial charge in [-0.1, -0.05) is 5.21 Å². The van der Waals surface area contributed by atoms with Gasteiger partial charge in [-0.15, -0.1) is 5.10 Å². The molecule has 1 saturated heterocycles. The van der Waals surface area contributed by atoms with Crippen LogP contribution < -0.4 is 0 Å². The van der Waals surface area contributed by atoms with Crippen LogP contribution in [0, 0.1) is 5.82 Å². The number of halogens is 1. The van der Waals surface area contributed by atoms with E-state index in [0.717, 1.165) is 13.1 Å². The fourth-order valence-electron chi connectivity index (χ4n) is 2.75.